The normalized spacial score (nSPS) is 11.1. The number of rotatable bonds is 11. The molecule has 2 aromatic carbocycles. The predicted octanol–water partition coefficient (Wildman–Crippen LogP) is 2.72. The van der Waals surface area contributed by atoms with Crippen LogP contribution in [0.25, 0.3) is 22.2 Å². The summed E-state index contributed by atoms with van der Waals surface area (Å²) in [5, 5.41) is 2.26. The summed E-state index contributed by atoms with van der Waals surface area (Å²) in [6.45, 7) is 1.07. The van der Waals surface area contributed by atoms with Gasteiger partial charge in [0.25, 0.3) is 0 Å². The summed E-state index contributed by atoms with van der Waals surface area (Å²) < 4.78 is 21.2. The Hall–Kier alpha value is -2.85. The van der Waals surface area contributed by atoms with Gasteiger partial charge in [-0.05, 0) is 16.8 Å². The van der Waals surface area contributed by atoms with E-state index in [1.165, 1.54) is 0 Å². The van der Waals surface area contributed by atoms with Gasteiger partial charge in [-0.2, -0.15) is 15.0 Å². The van der Waals surface area contributed by atoms with Gasteiger partial charge in [-0.15, -0.1) is 0 Å². The van der Waals surface area contributed by atoms with Crippen molar-refractivity contribution in [1.82, 2.24) is 15.0 Å². The van der Waals surface area contributed by atoms with Crippen LogP contribution in [0.2, 0.25) is 0 Å². The zero-order valence-electron chi connectivity index (χ0n) is 17.7. The number of benzene rings is 2. The number of fused-ring (bicyclic) bond motifs is 1. The molecule has 9 heteroatoms. The summed E-state index contributed by atoms with van der Waals surface area (Å²) in [6.07, 6.45) is 0. The molecule has 1 aromatic heterocycles. The molecule has 0 N–H and O–H groups in total. The fourth-order valence-corrected chi connectivity index (χ4v) is 3.02. The fraction of sp³-hybridized carbons (Fsp3) is 0.381. The maximum atomic E-state index is 5.29. The Morgan fingerprint density at radius 1 is 0.633 bits per heavy atom. The highest BCUT2D eigenvalue weighted by atomic mass is 16.5. The SMILES string of the molecule is COCN(COC)c1nc(-c2ccc3ccccc3c2)nc(N(COC)COC)n1. The van der Waals surface area contributed by atoms with Crippen molar-refractivity contribution in [2.45, 2.75) is 0 Å². The average Bonchev–Trinajstić information content (AvgIpc) is 2.78. The van der Waals surface area contributed by atoms with Gasteiger partial charge in [-0.1, -0.05) is 36.4 Å². The molecular formula is C21H27N5O4. The molecule has 0 saturated heterocycles. The van der Waals surface area contributed by atoms with E-state index in [0.717, 1.165) is 16.3 Å². The Morgan fingerprint density at radius 2 is 1.13 bits per heavy atom. The quantitative estimate of drug-likeness (QED) is 0.441. The van der Waals surface area contributed by atoms with Crippen LogP contribution < -0.4 is 9.80 Å². The molecule has 3 aromatic rings. The zero-order valence-corrected chi connectivity index (χ0v) is 17.7. The summed E-state index contributed by atoms with van der Waals surface area (Å²) in [7, 11) is 6.43. The molecule has 0 aliphatic heterocycles. The molecule has 0 unspecified atom stereocenters. The van der Waals surface area contributed by atoms with Crippen molar-refractivity contribution in [3.8, 4) is 11.4 Å². The molecular weight excluding hydrogens is 386 g/mol. The molecule has 0 atom stereocenters. The van der Waals surface area contributed by atoms with Gasteiger partial charge in [0.05, 0.1) is 0 Å². The third kappa shape index (κ3) is 5.19. The molecule has 160 valence electrons. The van der Waals surface area contributed by atoms with Crippen LogP contribution in [-0.4, -0.2) is 70.3 Å². The van der Waals surface area contributed by atoms with Crippen molar-refractivity contribution in [1.29, 1.82) is 0 Å². The third-order valence-corrected chi connectivity index (χ3v) is 4.32. The van der Waals surface area contributed by atoms with Gasteiger partial charge in [0.1, 0.15) is 26.9 Å². The van der Waals surface area contributed by atoms with E-state index in [4.69, 9.17) is 18.9 Å². The lowest BCUT2D eigenvalue weighted by molar-refractivity contribution is 0.136. The molecule has 0 aliphatic rings. The molecule has 0 spiro atoms. The van der Waals surface area contributed by atoms with Crippen LogP contribution in [0.3, 0.4) is 0 Å². The van der Waals surface area contributed by atoms with Crippen LogP contribution in [-0.2, 0) is 18.9 Å². The Bertz CT molecular complexity index is 909. The Morgan fingerprint density at radius 3 is 1.63 bits per heavy atom. The van der Waals surface area contributed by atoms with E-state index in [2.05, 4.69) is 39.2 Å². The van der Waals surface area contributed by atoms with Crippen molar-refractivity contribution in [3.63, 3.8) is 0 Å². The second-order valence-corrected chi connectivity index (χ2v) is 6.57. The van der Waals surface area contributed by atoms with Crippen LogP contribution in [0, 0.1) is 0 Å². The van der Waals surface area contributed by atoms with Gasteiger partial charge in [-0.3, -0.25) is 9.80 Å². The van der Waals surface area contributed by atoms with Crippen LogP contribution in [0.15, 0.2) is 42.5 Å². The van der Waals surface area contributed by atoms with Gasteiger partial charge in [-0.25, -0.2) is 0 Å². The van der Waals surface area contributed by atoms with Gasteiger partial charge < -0.3 is 18.9 Å². The van der Waals surface area contributed by atoms with E-state index in [0.29, 0.717) is 17.7 Å². The summed E-state index contributed by atoms with van der Waals surface area (Å²) in [5.41, 5.74) is 0.878. The number of hydrogen-bond donors (Lipinski definition) is 0. The maximum Gasteiger partial charge on any atom is 0.234 e. The highest BCUT2D eigenvalue weighted by molar-refractivity contribution is 5.86. The lowest BCUT2D eigenvalue weighted by Crippen LogP contribution is -2.33. The van der Waals surface area contributed by atoms with Gasteiger partial charge in [0.2, 0.25) is 11.9 Å². The number of anilines is 2. The van der Waals surface area contributed by atoms with E-state index in [-0.39, 0.29) is 26.9 Å². The minimum atomic E-state index is 0.267. The first-order valence-electron chi connectivity index (χ1n) is 9.41. The molecule has 9 nitrogen and oxygen atoms in total. The Labute approximate surface area is 176 Å². The van der Waals surface area contributed by atoms with Crippen LogP contribution >= 0.6 is 0 Å². The van der Waals surface area contributed by atoms with Crippen molar-refractivity contribution in [2.24, 2.45) is 0 Å². The van der Waals surface area contributed by atoms with E-state index < -0.39 is 0 Å². The van der Waals surface area contributed by atoms with Crippen molar-refractivity contribution in [3.05, 3.63) is 42.5 Å². The summed E-state index contributed by atoms with van der Waals surface area (Å²) in [6, 6.07) is 14.3. The maximum absolute atomic E-state index is 5.29. The highest BCUT2D eigenvalue weighted by Crippen LogP contribution is 2.25. The second-order valence-electron chi connectivity index (χ2n) is 6.57. The third-order valence-electron chi connectivity index (χ3n) is 4.32. The first-order chi connectivity index (χ1) is 14.7. The predicted molar refractivity (Wildman–Crippen MR) is 115 cm³/mol. The fourth-order valence-electron chi connectivity index (χ4n) is 3.02. The van der Waals surface area contributed by atoms with Crippen molar-refractivity contribution in [2.75, 3.05) is 65.2 Å². The van der Waals surface area contributed by atoms with Gasteiger partial charge >= 0.3 is 0 Å². The number of methoxy groups -OCH3 is 4. The molecule has 0 fully saturated rings. The molecule has 0 saturated carbocycles. The Kier molecular flexibility index (Phi) is 7.86. The summed E-state index contributed by atoms with van der Waals surface area (Å²) >= 11 is 0. The van der Waals surface area contributed by atoms with Gasteiger partial charge in [0.15, 0.2) is 5.82 Å². The zero-order chi connectivity index (χ0) is 21.3. The smallest absolute Gasteiger partial charge is 0.234 e. The van der Waals surface area contributed by atoms with Crippen molar-refractivity contribution < 1.29 is 18.9 Å². The monoisotopic (exact) mass is 413 g/mol. The standard InChI is InChI=1S/C21H27N5O4/c1-27-12-25(13-28-2)20-22-19(23-21(24-20)26(14-29-3)15-30-4)18-10-9-16-7-5-6-8-17(16)11-18/h5-11H,12-15H2,1-4H3. The number of hydrogen-bond acceptors (Lipinski definition) is 9. The van der Waals surface area contributed by atoms with Crippen LogP contribution in [0.4, 0.5) is 11.9 Å². The van der Waals surface area contributed by atoms with Crippen LogP contribution in [0.1, 0.15) is 0 Å². The van der Waals surface area contributed by atoms with E-state index in [1.807, 2.05) is 18.2 Å². The van der Waals surface area contributed by atoms with E-state index in [9.17, 15) is 0 Å². The topological polar surface area (TPSA) is 82.1 Å². The molecule has 30 heavy (non-hydrogen) atoms. The van der Waals surface area contributed by atoms with Crippen molar-refractivity contribution >= 4 is 22.7 Å². The lowest BCUT2D eigenvalue weighted by atomic mass is 10.1. The molecule has 1 heterocycles. The molecule has 0 radical (unpaired) electrons. The van der Waals surface area contributed by atoms with E-state index in [1.54, 1.807) is 38.2 Å². The summed E-state index contributed by atoms with van der Waals surface area (Å²) in [5.74, 6) is 1.41. The lowest BCUT2D eigenvalue weighted by Gasteiger charge is -2.24. The minimum absolute atomic E-state index is 0.267. The first-order valence-corrected chi connectivity index (χ1v) is 9.41. The molecule has 3 rings (SSSR count). The average molecular weight is 413 g/mol. The molecule has 0 amide bonds. The first kappa shape index (κ1) is 21.8. The number of aromatic nitrogens is 3. The number of ether oxygens (including phenoxy) is 4. The van der Waals surface area contributed by atoms with Gasteiger partial charge in [0, 0.05) is 34.0 Å². The van der Waals surface area contributed by atoms with E-state index >= 15 is 0 Å². The molecule has 0 aliphatic carbocycles. The largest absolute Gasteiger partial charge is 0.364 e. The number of nitrogens with zero attached hydrogens (tertiary/aromatic N) is 5. The molecule has 0 bridgehead atoms. The van der Waals surface area contributed by atoms with Crippen LogP contribution in [0.5, 0.6) is 0 Å². The Balaban J connectivity index is 2.11. The minimum Gasteiger partial charge on any atom is -0.364 e. The highest BCUT2D eigenvalue weighted by Gasteiger charge is 2.18. The summed E-state index contributed by atoms with van der Waals surface area (Å²) in [4.78, 5) is 17.5. The second kappa shape index (κ2) is 10.8.